The molecule has 6 aliphatic rings. The normalized spacial score (nSPS) is 51.5. The zero-order chi connectivity index (χ0) is 23.9. The maximum atomic E-state index is 11.1. The van der Waals surface area contributed by atoms with E-state index >= 15 is 0 Å². The van der Waals surface area contributed by atoms with Crippen molar-refractivity contribution >= 4 is 0 Å². The quantitative estimate of drug-likeness (QED) is 0.538. The van der Waals surface area contributed by atoms with Crippen LogP contribution in [0.3, 0.4) is 0 Å². The topological polar surface area (TPSA) is 79.2 Å². The van der Waals surface area contributed by atoms with Crippen molar-refractivity contribution in [2.45, 2.75) is 121 Å². The van der Waals surface area contributed by atoms with Gasteiger partial charge in [-0.1, -0.05) is 33.6 Å². The molecule has 5 heteroatoms. The summed E-state index contributed by atoms with van der Waals surface area (Å²) in [4.78, 5) is 0. The summed E-state index contributed by atoms with van der Waals surface area (Å²) in [7, 11) is 0. The van der Waals surface area contributed by atoms with Crippen LogP contribution in [-0.2, 0) is 9.47 Å². The smallest absolute Gasteiger partial charge is 0.172 e. The molecule has 0 aromatic heterocycles. The van der Waals surface area contributed by atoms with E-state index in [0.29, 0.717) is 48.7 Å². The lowest BCUT2D eigenvalue weighted by molar-refractivity contribution is -0.312. The molecule has 1 spiro atoms. The largest absolute Gasteiger partial charge is 0.390 e. The van der Waals surface area contributed by atoms with Crippen molar-refractivity contribution in [2.24, 2.45) is 46.3 Å². The predicted molar refractivity (Wildman–Crippen MR) is 130 cm³/mol. The Labute approximate surface area is 206 Å². The number of rotatable bonds is 5. The van der Waals surface area contributed by atoms with E-state index in [2.05, 4.69) is 20.8 Å². The van der Waals surface area contributed by atoms with Crippen molar-refractivity contribution in [3.8, 4) is 0 Å². The molecule has 34 heavy (non-hydrogen) atoms. The Balaban J connectivity index is 1.26. The highest BCUT2D eigenvalue weighted by atomic mass is 16.7. The average Bonchev–Trinajstić information content (AvgIpc) is 3.19. The summed E-state index contributed by atoms with van der Waals surface area (Å²) in [6.07, 6.45) is 11.5. The average molecular weight is 477 g/mol. The molecule has 1 heterocycles. The van der Waals surface area contributed by atoms with Crippen LogP contribution in [0.4, 0.5) is 0 Å². The van der Waals surface area contributed by atoms with Gasteiger partial charge in [-0.2, -0.15) is 0 Å². The van der Waals surface area contributed by atoms with Gasteiger partial charge in [0.2, 0.25) is 0 Å². The van der Waals surface area contributed by atoms with Crippen LogP contribution in [0.15, 0.2) is 0 Å². The lowest BCUT2D eigenvalue weighted by Crippen LogP contribution is -2.66. The van der Waals surface area contributed by atoms with E-state index in [1.807, 2.05) is 0 Å². The van der Waals surface area contributed by atoms with Crippen LogP contribution in [-0.4, -0.2) is 52.1 Å². The molecule has 0 amide bonds. The molecule has 1 saturated heterocycles. The molecular weight excluding hydrogens is 428 g/mol. The third-order valence-electron chi connectivity index (χ3n) is 12.4. The molecule has 6 rings (SSSR count). The zero-order valence-corrected chi connectivity index (χ0v) is 21.7. The van der Waals surface area contributed by atoms with Gasteiger partial charge in [0.1, 0.15) is 0 Å². The van der Waals surface area contributed by atoms with Crippen LogP contribution in [0.5, 0.6) is 0 Å². The van der Waals surface area contributed by atoms with Gasteiger partial charge in [-0.25, -0.2) is 0 Å². The fourth-order valence-corrected chi connectivity index (χ4v) is 10.3. The fraction of sp³-hybridized carbons (Fsp3) is 1.00. The van der Waals surface area contributed by atoms with Gasteiger partial charge in [-0.15, -0.1) is 0 Å². The molecule has 5 saturated carbocycles. The van der Waals surface area contributed by atoms with Gasteiger partial charge in [0.15, 0.2) is 5.79 Å². The van der Waals surface area contributed by atoms with Crippen molar-refractivity contribution in [2.75, 3.05) is 13.2 Å². The van der Waals surface area contributed by atoms with Crippen molar-refractivity contribution in [3.63, 3.8) is 0 Å². The lowest BCUT2D eigenvalue weighted by Gasteiger charge is -2.65. The van der Waals surface area contributed by atoms with Crippen molar-refractivity contribution in [1.29, 1.82) is 0 Å². The summed E-state index contributed by atoms with van der Waals surface area (Å²) in [5.41, 5.74) is 0.0413. The minimum atomic E-state index is -0.671. The zero-order valence-electron chi connectivity index (χ0n) is 21.7. The van der Waals surface area contributed by atoms with E-state index in [0.717, 1.165) is 44.4 Å². The maximum absolute atomic E-state index is 11.1. The first kappa shape index (κ1) is 24.2. The molecule has 5 aliphatic carbocycles. The van der Waals surface area contributed by atoms with E-state index in [1.54, 1.807) is 0 Å². The highest BCUT2D eigenvalue weighted by Crippen LogP contribution is 2.71. The minimum absolute atomic E-state index is 0.0457. The molecule has 3 N–H and O–H groups in total. The standard InChI is InChI=1S/C29H48O5/c1-18(5-4-10-28(32)13-14-28)19-6-7-20-24-21(8-11-26(19,20)2)27(3)12-9-23(30)25(31)22(27)17-29(24)33-15-16-34-29/h18-25,30-32H,4-17H2,1-3H3/t18-,19-,20+,21+,22+,23+,24+,25-,26-,27-/m1/s1. The van der Waals surface area contributed by atoms with Crippen molar-refractivity contribution in [1.82, 2.24) is 0 Å². The first-order chi connectivity index (χ1) is 16.1. The van der Waals surface area contributed by atoms with Gasteiger partial charge in [0.25, 0.3) is 0 Å². The first-order valence-electron chi connectivity index (χ1n) is 14.5. The van der Waals surface area contributed by atoms with Gasteiger partial charge < -0.3 is 24.8 Å². The summed E-state index contributed by atoms with van der Waals surface area (Å²) in [5.74, 6) is 2.37. The van der Waals surface area contributed by atoms with E-state index in [-0.39, 0.29) is 16.9 Å². The Hall–Kier alpha value is -0.200. The molecule has 0 aromatic rings. The molecule has 0 unspecified atom stereocenters. The molecule has 0 aromatic carbocycles. The number of aliphatic hydroxyl groups is 3. The number of fused-ring (bicyclic) bond motifs is 6. The SMILES string of the molecule is C[C@H](CCCC1(O)CC1)[C@H]1CC[C@H]2[C@H]3[C@H](CC[C@]12C)[C@@]1(C)CC[C@H](O)[C@H](O)[C@@H]1CC31OCCO1. The van der Waals surface area contributed by atoms with Gasteiger partial charge >= 0.3 is 0 Å². The summed E-state index contributed by atoms with van der Waals surface area (Å²) in [5, 5.41) is 31.9. The van der Waals surface area contributed by atoms with E-state index in [9.17, 15) is 15.3 Å². The van der Waals surface area contributed by atoms with E-state index in [4.69, 9.17) is 9.47 Å². The van der Waals surface area contributed by atoms with Gasteiger partial charge in [0, 0.05) is 12.3 Å². The number of hydrogen-bond acceptors (Lipinski definition) is 5. The Bertz CT molecular complexity index is 774. The molecule has 0 bridgehead atoms. The van der Waals surface area contributed by atoms with Gasteiger partial charge in [-0.3, -0.25) is 0 Å². The summed E-state index contributed by atoms with van der Waals surface area (Å²) >= 11 is 0. The second kappa shape index (κ2) is 8.15. The Morgan fingerprint density at radius 3 is 2.24 bits per heavy atom. The molecule has 0 radical (unpaired) electrons. The second-order valence-electron chi connectivity index (χ2n) is 14.0. The van der Waals surface area contributed by atoms with E-state index in [1.165, 1.54) is 32.1 Å². The fourth-order valence-electron chi connectivity index (χ4n) is 10.3. The molecule has 1 aliphatic heterocycles. The maximum Gasteiger partial charge on any atom is 0.172 e. The lowest BCUT2D eigenvalue weighted by atomic mass is 9.42. The van der Waals surface area contributed by atoms with Gasteiger partial charge in [0.05, 0.1) is 31.0 Å². The Morgan fingerprint density at radius 1 is 0.853 bits per heavy atom. The van der Waals surface area contributed by atoms with Crippen molar-refractivity contribution in [3.05, 3.63) is 0 Å². The molecular formula is C29H48O5. The van der Waals surface area contributed by atoms with Crippen LogP contribution in [0.2, 0.25) is 0 Å². The van der Waals surface area contributed by atoms with Crippen LogP contribution in [0.25, 0.3) is 0 Å². The highest BCUT2D eigenvalue weighted by Gasteiger charge is 2.70. The summed E-state index contributed by atoms with van der Waals surface area (Å²) in [6, 6.07) is 0. The van der Waals surface area contributed by atoms with Crippen LogP contribution in [0, 0.1) is 46.3 Å². The second-order valence-corrected chi connectivity index (χ2v) is 14.0. The number of hydrogen-bond donors (Lipinski definition) is 3. The Morgan fingerprint density at radius 2 is 1.53 bits per heavy atom. The third kappa shape index (κ3) is 3.50. The highest BCUT2D eigenvalue weighted by molar-refractivity contribution is 5.16. The third-order valence-corrected chi connectivity index (χ3v) is 12.4. The Kier molecular flexibility index (Phi) is 5.79. The van der Waals surface area contributed by atoms with Crippen LogP contribution < -0.4 is 0 Å². The molecule has 10 atom stereocenters. The predicted octanol–water partition coefficient (Wildman–Crippen LogP) is 4.66. The summed E-state index contributed by atoms with van der Waals surface area (Å²) in [6.45, 7) is 8.76. The number of ether oxygens (including phenoxy) is 2. The first-order valence-corrected chi connectivity index (χ1v) is 14.5. The van der Waals surface area contributed by atoms with Gasteiger partial charge in [-0.05, 0) is 98.2 Å². The monoisotopic (exact) mass is 476 g/mol. The molecule has 194 valence electrons. The summed E-state index contributed by atoms with van der Waals surface area (Å²) < 4.78 is 13.1. The number of aliphatic hydroxyl groups excluding tert-OH is 2. The van der Waals surface area contributed by atoms with Crippen LogP contribution >= 0.6 is 0 Å². The van der Waals surface area contributed by atoms with E-state index < -0.39 is 18.0 Å². The van der Waals surface area contributed by atoms with Crippen molar-refractivity contribution < 1.29 is 24.8 Å². The minimum Gasteiger partial charge on any atom is -0.390 e. The molecule has 5 nitrogen and oxygen atoms in total. The molecule has 6 fully saturated rings. The van der Waals surface area contributed by atoms with Crippen LogP contribution in [0.1, 0.15) is 97.8 Å².